The molecule has 9 nitrogen and oxygen atoms in total. The van der Waals surface area contributed by atoms with E-state index in [4.69, 9.17) is 11.6 Å². The van der Waals surface area contributed by atoms with Gasteiger partial charge in [0.15, 0.2) is 9.84 Å². The molecule has 3 heterocycles. The van der Waals surface area contributed by atoms with Crippen molar-refractivity contribution in [3.8, 4) is 6.07 Å². The quantitative estimate of drug-likeness (QED) is 0.543. The highest BCUT2D eigenvalue weighted by Crippen LogP contribution is 2.34. The van der Waals surface area contributed by atoms with Gasteiger partial charge >= 0.3 is 0 Å². The number of aliphatic hydroxyl groups excluding tert-OH is 1. The number of nitrogens with one attached hydrogen (secondary N) is 1. The van der Waals surface area contributed by atoms with Gasteiger partial charge in [-0.05, 0) is 55.8 Å². The number of nitriles is 1. The summed E-state index contributed by atoms with van der Waals surface area (Å²) >= 11 is 6.38. The van der Waals surface area contributed by atoms with Crippen LogP contribution in [0.1, 0.15) is 36.9 Å². The van der Waals surface area contributed by atoms with Crippen molar-refractivity contribution in [2.75, 3.05) is 55.8 Å². The Balaban J connectivity index is 1.44. The Hall–Kier alpha value is -2.45. The van der Waals surface area contributed by atoms with Gasteiger partial charge in [-0.15, -0.1) is 0 Å². The van der Waals surface area contributed by atoms with Crippen molar-refractivity contribution in [1.29, 1.82) is 5.26 Å². The van der Waals surface area contributed by atoms with Crippen LogP contribution < -0.4 is 10.2 Å². The SMILES string of the molecule is C[C@@H](Nc1nc(N2CC([C@H]3CCCN(CCO)C3)C2)ncc1C#N)c1ccc(S(C)(=O)=O)cc1Cl. The summed E-state index contributed by atoms with van der Waals surface area (Å²) < 4.78 is 23.6. The third-order valence-corrected chi connectivity index (χ3v) is 8.37. The lowest BCUT2D eigenvalue weighted by atomic mass is 9.81. The first-order valence-corrected chi connectivity index (χ1v) is 14.1. The zero-order valence-corrected chi connectivity index (χ0v) is 21.6. The molecule has 2 aliphatic rings. The summed E-state index contributed by atoms with van der Waals surface area (Å²) in [5.74, 6) is 2.18. The highest BCUT2D eigenvalue weighted by Gasteiger charge is 2.37. The molecule has 1 aromatic carbocycles. The number of benzene rings is 1. The number of hydrogen-bond donors (Lipinski definition) is 2. The van der Waals surface area contributed by atoms with E-state index in [2.05, 4.69) is 31.2 Å². The first kappa shape index (κ1) is 25.6. The van der Waals surface area contributed by atoms with E-state index in [-0.39, 0.29) is 17.5 Å². The smallest absolute Gasteiger partial charge is 0.227 e. The first-order chi connectivity index (χ1) is 16.7. The molecule has 0 unspecified atom stereocenters. The molecule has 0 spiro atoms. The largest absolute Gasteiger partial charge is 0.395 e. The fourth-order valence-corrected chi connectivity index (χ4v) is 5.94. The standard InChI is InChI=1S/C24H31ClN6O3S/c1-16(21-6-5-20(10-22(21)25)35(2,33)34)28-23-18(11-26)12-27-24(29-23)31-14-19(15-31)17-4-3-7-30(13-17)8-9-32/h5-6,10,12,16-17,19,32H,3-4,7-9,13-15H2,1-2H3,(H,27,28,29)/t16-,17+/m1/s1. The fourth-order valence-electron chi connectivity index (χ4n) is 4.88. The van der Waals surface area contributed by atoms with Gasteiger partial charge in [0.2, 0.25) is 5.95 Å². The number of β-amino-alcohol motifs (C(OH)–C–C–N with tert-alkyl or cyclic N) is 1. The minimum atomic E-state index is -3.36. The van der Waals surface area contributed by atoms with Gasteiger partial charge in [-0.3, -0.25) is 0 Å². The van der Waals surface area contributed by atoms with Crippen molar-refractivity contribution in [3.05, 3.63) is 40.5 Å². The lowest BCUT2D eigenvalue weighted by molar-refractivity contribution is 0.101. The molecule has 188 valence electrons. The Morgan fingerprint density at radius 1 is 1.31 bits per heavy atom. The van der Waals surface area contributed by atoms with Gasteiger partial charge in [-0.25, -0.2) is 13.4 Å². The normalized spacial score (nSPS) is 20.2. The van der Waals surface area contributed by atoms with Crippen LogP contribution in [0.15, 0.2) is 29.3 Å². The van der Waals surface area contributed by atoms with Gasteiger partial charge in [0.1, 0.15) is 17.5 Å². The van der Waals surface area contributed by atoms with Gasteiger partial charge in [0.25, 0.3) is 0 Å². The minimum absolute atomic E-state index is 0.158. The molecule has 35 heavy (non-hydrogen) atoms. The van der Waals surface area contributed by atoms with Crippen LogP contribution in [-0.4, -0.2) is 74.0 Å². The van der Waals surface area contributed by atoms with Crippen LogP contribution in [0.3, 0.4) is 0 Å². The Bertz CT molecular complexity index is 1210. The number of aromatic nitrogens is 2. The summed E-state index contributed by atoms with van der Waals surface area (Å²) in [7, 11) is -3.36. The van der Waals surface area contributed by atoms with E-state index < -0.39 is 9.84 Å². The van der Waals surface area contributed by atoms with Crippen molar-refractivity contribution < 1.29 is 13.5 Å². The monoisotopic (exact) mass is 518 g/mol. The second-order valence-electron chi connectivity index (χ2n) is 9.46. The summed E-state index contributed by atoms with van der Waals surface area (Å²) in [6.07, 6.45) is 5.04. The maximum atomic E-state index is 11.8. The molecule has 0 aliphatic carbocycles. The van der Waals surface area contributed by atoms with E-state index in [0.29, 0.717) is 39.8 Å². The zero-order chi connectivity index (χ0) is 25.2. The molecule has 2 fully saturated rings. The molecule has 4 rings (SSSR count). The van der Waals surface area contributed by atoms with Gasteiger partial charge in [-0.2, -0.15) is 10.2 Å². The topological polar surface area (TPSA) is 122 Å². The van der Waals surface area contributed by atoms with Gasteiger partial charge in [0.05, 0.1) is 23.7 Å². The predicted molar refractivity (Wildman–Crippen MR) is 135 cm³/mol. The van der Waals surface area contributed by atoms with E-state index >= 15 is 0 Å². The van der Waals surface area contributed by atoms with Gasteiger partial charge in [0, 0.05) is 37.5 Å². The molecule has 11 heteroatoms. The van der Waals surface area contributed by atoms with Crippen molar-refractivity contribution in [2.45, 2.75) is 30.7 Å². The summed E-state index contributed by atoms with van der Waals surface area (Å²) in [5.41, 5.74) is 1.03. The lowest BCUT2D eigenvalue weighted by Gasteiger charge is -2.46. The van der Waals surface area contributed by atoms with Crippen LogP contribution in [0.5, 0.6) is 0 Å². The molecule has 2 N–H and O–H groups in total. The van der Waals surface area contributed by atoms with Crippen LogP contribution >= 0.6 is 11.6 Å². The average molecular weight is 519 g/mol. The van der Waals surface area contributed by atoms with E-state index in [9.17, 15) is 18.8 Å². The summed E-state index contributed by atoms with van der Waals surface area (Å²) in [6, 6.07) is 6.46. The van der Waals surface area contributed by atoms with Crippen LogP contribution in [0.2, 0.25) is 5.02 Å². The van der Waals surface area contributed by atoms with Crippen molar-refractivity contribution in [3.63, 3.8) is 0 Å². The molecular weight excluding hydrogens is 488 g/mol. The molecular formula is C24H31ClN6O3S. The van der Waals surface area contributed by atoms with E-state index in [1.807, 2.05) is 6.92 Å². The molecule has 2 atom stereocenters. The van der Waals surface area contributed by atoms with Gasteiger partial charge < -0.3 is 20.2 Å². The minimum Gasteiger partial charge on any atom is -0.395 e. The third kappa shape index (κ3) is 5.86. The van der Waals surface area contributed by atoms with Crippen molar-refractivity contribution in [2.24, 2.45) is 11.8 Å². The van der Waals surface area contributed by atoms with Crippen LogP contribution in [0.4, 0.5) is 11.8 Å². The molecule has 2 aliphatic heterocycles. The number of hydrogen-bond acceptors (Lipinski definition) is 9. The molecule has 0 bridgehead atoms. The second kappa shape index (κ2) is 10.7. The Labute approximate surface area is 211 Å². The van der Waals surface area contributed by atoms with Crippen molar-refractivity contribution >= 4 is 33.2 Å². The number of piperidine rings is 1. The summed E-state index contributed by atoms with van der Waals surface area (Å²) in [4.78, 5) is 13.7. The van der Waals surface area contributed by atoms with E-state index in [1.54, 1.807) is 6.07 Å². The first-order valence-electron chi connectivity index (χ1n) is 11.8. The number of sulfone groups is 1. The maximum Gasteiger partial charge on any atom is 0.227 e. The maximum absolute atomic E-state index is 11.8. The summed E-state index contributed by atoms with van der Waals surface area (Å²) in [6.45, 7) is 6.64. The number of anilines is 2. The molecule has 0 saturated carbocycles. The molecule has 0 amide bonds. The zero-order valence-electron chi connectivity index (χ0n) is 20.0. The van der Waals surface area contributed by atoms with Gasteiger partial charge in [-0.1, -0.05) is 17.7 Å². The average Bonchev–Trinajstić information content (AvgIpc) is 2.78. The number of nitrogens with zero attached hydrogens (tertiary/aromatic N) is 5. The number of rotatable bonds is 8. The number of halogens is 1. The van der Waals surface area contributed by atoms with E-state index in [0.717, 1.165) is 45.4 Å². The van der Waals surface area contributed by atoms with Crippen molar-refractivity contribution in [1.82, 2.24) is 14.9 Å². The third-order valence-electron chi connectivity index (χ3n) is 6.93. The molecule has 2 saturated heterocycles. The highest BCUT2D eigenvalue weighted by atomic mass is 35.5. The molecule has 2 aromatic rings. The lowest BCUT2D eigenvalue weighted by Crippen LogP contribution is -2.54. The number of aliphatic hydroxyl groups is 1. The molecule has 0 radical (unpaired) electrons. The van der Waals surface area contributed by atoms with Crippen LogP contribution in [0, 0.1) is 23.2 Å². The number of likely N-dealkylation sites (tertiary alicyclic amines) is 1. The van der Waals surface area contributed by atoms with Crippen LogP contribution in [-0.2, 0) is 9.84 Å². The Morgan fingerprint density at radius 2 is 2.09 bits per heavy atom. The Kier molecular flexibility index (Phi) is 7.81. The van der Waals surface area contributed by atoms with E-state index in [1.165, 1.54) is 24.8 Å². The molecule has 1 aromatic heterocycles. The summed E-state index contributed by atoms with van der Waals surface area (Å²) in [5, 5.41) is 22.4. The second-order valence-corrected chi connectivity index (χ2v) is 11.9. The fraction of sp³-hybridized carbons (Fsp3) is 0.542. The van der Waals surface area contributed by atoms with Crippen LogP contribution in [0.25, 0.3) is 0 Å². The Morgan fingerprint density at radius 3 is 2.74 bits per heavy atom. The highest BCUT2D eigenvalue weighted by molar-refractivity contribution is 7.90. The predicted octanol–water partition coefficient (Wildman–Crippen LogP) is 2.72.